The van der Waals surface area contributed by atoms with E-state index in [-0.39, 0.29) is 5.91 Å². The highest BCUT2D eigenvalue weighted by atomic mass is 16.5. The van der Waals surface area contributed by atoms with Crippen LogP contribution >= 0.6 is 0 Å². The smallest absolute Gasteiger partial charge is 0.237 e. The fourth-order valence-corrected chi connectivity index (χ4v) is 2.16. The van der Waals surface area contributed by atoms with Gasteiger partial charge in [0.15, 0.2) is 0 Å². The number of nitrogens with two attached hydrogens (primary N) is 1. The first-order chi connectivity index (χ1) is 8.87. The van der Waals surface area contributed by atoms with E-state index >= 15 is 0 Å². The predicted octanol–water partition coefficient (Wildman–Crippen LogP) is 0.977. The van der Waals surface area contributed by atoms with Crippen LogP contribution in [-0.4, -0.2) is 55.7 Å². The molecule has 0 fully saturated rings. The second kappa shape index (κ2) is 9.28. The minimum absolute atomic E-state index is 0.276. The second-order valence-electron chi connectivity index (χ2n) is 5.45. The molecule has 0 heterocycles. The molecule has 5 nitrogen and oxygen atoms in total. The van der Waals surface area contributed by atoms with Crippen molar-refractivity contribution >= 4 is 5.91 Å². The SMILES string of the molecule is CCNC(C)(CCCN(CCOC)C(C)C)C(N)=O. The number of likely N-dealkylation sites (N-methyl/N-ethyl adjacent to an activating group) is 1. The van der Waals surface area contributed by atoms with E-state index < -0.39 is 5.54 Å². The van der Waals surface area contributed by atoms with Crippen LogP contribution in [0.5, 0.6) is 0 Å². The van der Waals surface area contributed by atoms with Gasteiger partial charge in [-0.15, -0.1) is 0 Å². The molecular weight excluding hydrogens is 242 g/mol. The summed E-state index contributed by atoms with van der Waals surface area (Å²) in [7, 11) is 1.72. The van der Waals surface area contributed by atoms with Crippen molar-refractivity contribution in [2.24, 2.45) is 5.73 Å². The maximum absolute atomic E-state index is 11.5. The monoisotopic (exact) mass is 273 g/mol. The van der Waals surface area contributed by atoms with Crippen molar-refractivity contribution in [1.29, 1.82) is 0 Å². The average Bonchev–Trinajstić information content (AvgIpc) is 2.33. The first-order valence-corrected chi connectivity index (χ1v) is 7.15. The lowest BCUT2D eigenvalue weighted by molar-refractivity contribution is -0.124. The minimum Gasteiger partial charge on any atom is -0.383 e. The Labute approximate surface area is 117 Å². The van der Waals surface area contributed by atoms with Crippen LogP contribution in [0.15, 0.2) is 0 Å². The summed E-state index contributed by atoms with van der Waals surface area (Å²) in [5, 5.41) is 3.19. The van der Waals surface area contributed by atoms with Crippen molar-refractivity contribution in [2.45, 2.75) is 52.1 Å². The molecule has 0 aromatic carbocycles. The lowest BCUT2D eigenvalue weighted by atomic mass is 9.94. The summed E-state index contributed by atoms with van der Waals surface area (Å²) in [6, 6.07) is 0.481. The Balaban J connectivity index is 4.24. The van der Waals surface area contributed by atoms with Crippen molar-refractivity contribution in [1.82, 2.24) is 10.2 Å². The summed E-state index contributed by atoms with van der Waals surface area (Å²) in [6.45, 7) is 11.6. The van der Waals surface area contributed by atoms with Crippen molar-refractivity contribution < 1.29 is 9.53 Å². The van der Waals surface area contributed by atoms with Gasteiger partial charge in [0.05, 0.1) is 12.1 Å². The number of hydrogen-bond acceptors (Lipinski definition) is 4. The molecule has 0 radical (unpaired) electrons. The number of methoxy groups -OCH3 is 1. The number of nitrogens with zero attached hydrogens (tertiary/aromatic N) is 1. The van der Waals surface area contributed by atoms with E-state index in [2.05, 4.69) is 24.1 Å². The van der Waals surface area contributed by atoms with E-state index in [4.69, 9.17) is 10.5 Å². The number of amides is 1. The van der Waals surface area contributed by atoms with E-state index in [1.54, 1.807) is 7.11 Å². The topological polar surface area (TPSA) is 67.6 Å². The summed E-state index contributed by atoms with van der Waals surface area (Å²) in [6.07, 6.45) is 1.70. The van der Waals surface area contributed by atoms with Crippen molar-refractivity contribution in [2.75, 3.05) is 33.4 Å². The van der Waals surface area contributed by atoms with Crippen molar-refractivity contribution in [3.63, 3.8) is 0 Å². The summed E-state index contributed by atoms with van der Waals surface area (Å²) >= 11 is 0. The lowest BCUT2D eigenvalue weighted by Gasteiger charge is -2.30. The number of primary amides is 1. The van der Waals surface area contributed by atoms with Gasteiger partial charge in [0.1, 0.15) is 0 Å². The number of ether oxygens (including phenoxy) is 1. The Kier molecular flexibility index (Phi) is 8.97. The maximum Gasteiger partial charge on any atom is 0.237 e. The minimum atomic E-state index is -0.599. The van der Waals surface area contributed by atoms with E-state index in [0.717, 1.165) is 39.1 Å². The first-order valence-electron chi connectivity index (χ1n) is 7.15. The zero-order chi connectivity index (χ0) is 14.9. The van der Waals surface area contributed by atoms with E-state index in [9.17, 15) is 4.79 Å². The second-order valence-corrected chi connectivity index (χ2v) is 5.45. The number of rotatable bonds is 11. The molecule has 1 amide bonds. The van der Waals surface area contributed by atoms with Crippen LogP contribution in [-0.2, 0) is 9.53 Å². The van der Waals surface area contributed by atoms with Gasteiger partial charge in [0.2, 0.25) is 5.91 Å². The summed E-state index contributed by atoms with van der Waals surface area (Å²) in [5.74, 6) is -0.276. The number of carbonyl (C=O) groups excluding carboxylic acids is 1. The van der Waals surface area contributed by atoms with Crippen LogP contribution in [0.1, 0.15) is 40.5 Å². The van der Waals surface area contributed by atoms with Gasteiger partial charge in [-0.2, -0.15) is 0 Å². The third kappa shape index (κ3) is 6.89. The lowest BCUT2D eigenvalue weighted by Crippen LogP contribution is -2.53. The molecule has 5 heteroatoms. The van der Waals surface area contributed by atoms with Gasteiger partial charge < -0.3 is 15.8 Å². The number of nitrogens with one attached hydrogen (secondary N) is 1. The van der Waals surface area contributed by atoms with E-state index in [0.29, 0.717) is 6.04 Å². The van der Waals surface area contributed by atoms with Gasteiger partial charge in [-0.25, -0.2) is 0 Å². The molecule has 0 aliphatic rings. The Morgan fingerprint density at radius 3 is 2.47 bits per heavy atom. The molecule has 0 saturated heterocycles. The van der Waals surface area contributed by atoms with E-state index in [1.165, 1.54) is 0 Å². The van der Waals surface area contributed by atoms with Crippen LogP contribution in [0.2, 0.25) is 0 Å². The normalized spacial score (nSPS) is 14.9. The molecular formula is C14H31N3O2. The van der Waals surface area contributed by atoms with Gasteiger partial charge in [0.25, 0.3) is 0 Å². The molecule has 3 N–H and O–H groups in total. The third-order valence-electron chi connectivity index (χ3n) is 3.55. The van der Waals surface area contributed by atoms with Gasteiger partial charge in [-0.05, 0) is 46.7 Å². The highest BCUT2D eigenvalue weighted by Gasteiger charge is 2.29. The molecule has 19 heavy (non-hydrogen) atoms. The maximum atomic E-state index is 11.5. The quantitative estimate of drug-likeness (QED) is 0.589. The van der Waals surface area contributed by atoms with Crippen LogP contribution in [0.25, 0.3) is 0 Å². The standard InChI is InChI=1S/C14H31N3O2/c1-6-16-14(4,13(15)18)8-7-9-17(12(2)3)10-11-19-5/h12,16H,6-11H2,1-5H3,(H2,15,18). The van der Waals surface area contributed by atoms with Gasteiger partial charge >= 0.3 is 0 Å². The first kappa shape index (κ1) is 18.4. The third-order valence-corrected chi connectivity index (χ3v) is 3.55. The predicted molar refractivity (Wildman–Crippen MR) is 79.1 cm³/mol. The Bertz CT molecular complexity index is 259. The van der Waals surface area contributed by atoms with Crippen molar-refractivity contribution in [3.8, 4) is 0 Å². The van der Waals surface area contributed by atoms with Crippen molar-refractivity contribution in [3.05, 3.63) is 0 Å². The van der Waals surface area contributed by atoms with E-state index in [1.807, 2.05) is 13.8 Å². The zero-order valence-electron chi connectivity index (χ0n) is 13.2. The van der Waals surface area contributed by atoms with Crippen LogP contribution in [0.3, 0.4) is 0 Å². The largest absolute Gasteiger partial charge is 0.383 e. The molecule has 114 valence electrons. The molecule has 0 saturated carbocycles. The highest BCUT2D eigenvalue weighted by Crippen LogP contribution is 2.13. The molecule has 0 aromatic rings. The van der Waals surface area contributed by atoms with Crippen LogP contribution < -0.4 is 11.1 Å². The van der Waals surface area contributed by atoms with Crippen LogP contribution in [0.4, 0.5) is 0 Å². The Morgan fingerprint density at radius 1 is 1.42 bits per heavy atom. The summed E-state index contributed by atoms with van der Waals surface area (Å²) < 4.78 is 5.12. The summed E-state index contributed by atoms with van der Waals surface area (Å²) in [4.78, 5) is 13.9. The molecule has 0 bridgehead atoms. The number of hydrogen-bond donors (Lipinski definition) is 2. The molecule has 1 unspecified atom stereocenters. The molecule has 0 spiro atoms. The molecule has 0 rings (SSSR count). The van der Waals surface area contributed by atoms with Gasteiger partial charge in [0, 0.05) is 19.7 Å². The number of carbonyl (C=O) groups is 1. The molecule has 0 aliphatic heterocycles. The molecule has 0 aromatic heterocycles. The Hall–Kier alpha value is -0.650. The molecule has 1 atom stereocenters. The fraction of sp³-hybridized carbons (Fsp3) is 0.929. The fourth-order valence-electron chi connectivity index (χ4n) is 2.16. The van der Waals surface area contributed by atoms with Crippen LogP contribution in [0, 0.1) is 0 Å². The van der Waals surface area contributed by atoms with Gasteiger partial charge in [-0.1, -0.05) is 6.92 Å². The molecule has 0 aliphatic carbocycles. The highest BCUT2D eigenvalue weighted by molar-refractivity contribution is 5.84. The van der Waals surface area contributed by atoms with Gasteiger partial charge in [-0.3, -0.25) is 9.69 Å². The Morgan fingerprint density at radius 2 is 2.05 bits per heavy atom. The zero-order valence-corrected chi connectivity index (χ0v) is 13.2. The average molecular weight is 273 g/mol. The summed E-state index contributed by atoms with van der Waals surface area (Å²) in [5.41, 5.74) is 4.88.